The second-order valence-electron chi connectivity index (χ2n) is 7.31. The highest BCUT2D eigenvalue weighted by Crippen LogP contribution is 2.49. The van der Waals surface area contributed by atoms with Crippen LogP contribution in [-0.4, -0.2) is 40.6 Å². The molecule has 1 saturated heterocycles. The van der Waals surface area contributed by atoms with Crippen molar-refractivity contribution in [3.63, 3.8) is 0 Å². The van der Waals surface area contributed by atoms with Gasteiger partial charge in [-0.05, 0) is 43.4 Å². The Kier molecular flexibility index (Phi) is 4.29. The third-order valence-corrected chi connectivity index (χ3v) is 5.58. The van der Waals surface area contributed by atoms with Crippen molar-refractivity contribution in [1.82, 2.24) is 15.0 Å². The summed E-state index contributed by atoms with van der Waals surface area (Å²) in [4.78, 5) is 18.6. The standard InChI is InChI=1S/C19H23N3O3/c1-14-9-17(21-25-14)18(23)22-10-16-3-2-6-19(16,12-22)13-24-11-15-4-7-20-8-5-15/h4-5,7-9,16H,2-3,6,10-13H2,1H3/t16-,19+/m1/s1. The highest BCUT2D eigenvalue weighted by Gasteiger charge is 2.51. The second kappa shape index (κ2) is 6.59. The van der Waals surface area contributed by atoms with Gasteiger partial charge in [0.2, 0.25) is 0 Å². The lowest BCUT2D eigenvalue weighted by atomic mass is 9.81. The van der Waals surface area contributed by atoms with Gasteiger partial charge in [0.05, 0.1) is 13.2 Å². The van der Waals surface area contributed by atoms with Gasteiger partial charge in [0.1, 0.15) is 5.76 Å². The maximum Gasteiger partial charge on any atom is 0.276 e. The van der Waals surface area contributed by atoms with E-state index in [-0.39, 0.29) is 11.3 Å². The van der Waals surface area contributed by atoms with Gasteiger partial charge in [0, 0.05) is 37.0 Å². The zero-order chi connectivity index (χ0) is 17.3. The summed E-state index contributed by atoms with van der Waals surface area (Å²) in [5, 5.41) is 3.88. The molecule has 0 unspecified atom stereocenters. The average molecular weight is 341 g/mol. The topological polar surface area (TPSA) is 68.5 Å². The number of amides is 1. The van der Waals surface area contributed by atoms with E-state index in [0.29, 0.717) is 30.6 Å². The van der Waals surface area contributed by atoms with Gasteiger partial charge in [-0.1, -0.05) is 11.6 Å². The molecule has 2 aromatic heterocycles. The molecule has 4 rings (SSSR count). The van der Waals surface area contributed by atoms with Crippen molar-refractivity contribution in [2.75, 3.05) is 19.7 Å². The molecular weight excluding hydrogens is 318 g/mol. The van der Waals surface area contributed by atoms with Gasteiger partial charge in [-0.15, -0.1) is 0 Å². The zero-order valence-corrected chi connectivity index (χ0v) is 14.5. The molecule has 1 aliphatic heterocycles. The molecule has 0 N–H and O–H groups in total. The number of aryl methyl sites for hydroxylation is 1. The van der Waals surface area contributed by atoms with Crippen molar-refractivity contribution in [2.24, 2.45) is 11.3 Å². The van der Waals surface area contributed by atoms with Crippen molar-refractivity contribution in [2.45, 2.75) is 32.8 Å². The fourth-order valence-electron chi connectivity index (χ4n) is 4.29. The summed E-state index contributed by atoms with van der Waals surface area (Å²) in [6, 6.07) is 5.66. The van der Waals surface area contributed by atoms with Crippen LogP contribution in [0.25, 0.3) is 0 Å². The van der Waals surface area contributed by atoms with Gasteiger partial charge in [0.15, 0.2) is 5.69 Å². The molecule has 2 aromatic rings. The van der Waals surface area contributed by atoms with Crippen molar-refractivity contribution in [1.29, 1.82) is 0 Å². The summed E-state index contributed by atoms with van der Waals surface area (Å²) in [7, 11) is 0. The molecule has 0 spiro atoms. The van der Waals surface area contributed by atoms with Crippen LogP contribution in [0.15, 0.2) is 35.1 Å². The Morgan fingerprint density at radius 1 is 1.44 bits per heavy atom. The number of fused-ring (bicyclic) bond motifs is 1. The number of likely N-dealkylation sites (tertiary alicyclic amines) is 1. The third-order valence-electron chi connectivity index (χ3n) is 5.58. The molecule has 2 aliphatic rings. The van der Waals surface area contributed by atoms with E-state index in [1.807, 2.05) is 17.0 Å². The summed E-state index contributed by atoms with van der Waals surface area (Å²) >= 11 is 0. The van der Waals surface area contributed by atoms with E-state index >= 15 is 0 Å². The largest absolute Gasteiger partial charge is 0.376 e. The first-order valence-corrected chi connectivity index (χ1v) is 8.85. The van der Waals surface area contributed by atoms with E-state index in [4.69, 9.17) is 9.26 Å². The highest BCUT2D eigenvalue weighted by molar-refractivity contribution is 5.92. The van der Waals surface area contributed by atoms with Gasteiger partial charge in [-0.3, -0.25) is 9.78 Å². The average Bonchev–Trinajstić information content (AvgIpc) is 3.29. The van der Waals surface area contributed by atoms with Crippen LogP contribution in [0.3, 0.4) is 0 Å². The summed E-state index contributed by atoms with van der Waals surface area (Å²) in [5.74, 6) is 1.15. The summed E-state index contributed by atoms with van der Waals surface area (Å²) in [5.41, 5.74) is 1.62. The van der Waals surface area contributed by atoms with E-state index in [0.717, 1.165) is 25.1 Å². The van der Waals surface area contributed by atoms with Crippen LogP contribution in [0.5, 0.6) is 0 Å². The number of ether oxygens (including phenoxy) is 1. The quantitative estimate of drug-likeness (QED) is 0.836. The molecule has 0 aromatic carbocycles. The van der Waals surface area contributed by atoms with Crippen molar-refractivity contribution >= 4 is 5.91 Å². The number of pyridine rings is 1. The van der Waals surface area contributed by atoms with E-state index < -0.39 is 0 Å². The number of aromatic nitrogens is 2. The second-order valence-corrected chi connectivity index (χ2v) is 7.31. The molecule has 0 radical (unpaired) electrons. The lowest BCUT2D eigenvalue weighted by Crippen LogP contribution is -2.34. The molecular formula is C19H23N3O3. The predicted octanol–water partition coefficient (Wildman–Crippen LogP) is 2.84. The maximum atomic E-state index is 12.7. The van der Waals surface area contributed by atoms with E-state index in [9.17, 15) is 4.79 Å². The van der Waals surface area contributed by atoms with Crippen LogP contribution >= 0.6 is 0 Å². The Morgan fingerprint density at radius 3 is 3.04 bits per heavy atom. The summed E-state index contributed by atoms with van der Waals surface area (Å²) < 4.78 is 11.1. The molecule has 6 nitrogen and oxygen atoms in total. The number of carbonyl (C=O) groups excluding carboxylic acids is 1. The van der Waals surface area contributed by atoms with Gasteiger partial charge in [-0.25, -0.2) is 0 Å². The molecule has 2 atom stereocenters. The minimum Gasteiger partial charge on any atom is -0.376 e. The van der Waals surface area contributed by atoms with Crippen LogP contribution in [0.1, 0.15) is 41.1 Å². The molecule has 2 fully saturated rings. The third kappa shape index (κ3) is 3.18. The van der Waals surface area contributed by atoms with Crippen molar-refractivity contribution < 1.29 is 14.1 Å². The number of carbonyl (C=O) groups is 1. The molecule has 1 amide bonds. The predicted molar refractivity (Wildman–Crippen MR) is 90.8 cm³/mol. The van der Waals surface area contributed by atoms with Crippen molar-refractivity contribution in [3.05, 3.63) is 47.6 Å². The minimum atomic E-state index is -0.0280. The van der Waals surface area contributed by atoms with Gasteiger partial charge < -0.3 is 14.2 Å². The monoisotopic (exact) mass is 341 g/mol. The number of hydrogen-bond donors (Lipinski definition) is 0. The molecule has 1 saturated carbocycles. The minimum absolute atomic E-state index is 0.0280. The Balaban J connectivity index is 1.41. The normalized spacial score (nSPS) is 25.3. The smallest absolute Gasteiger partial charge is 0.276 e. The number of hydrogen-bond acceptors (Lipinski definition) is 5. The van der Waals surface area contributed by atoms with Crippen LogP contribution < -0.4 is 0 Å². The van der Waals surface area contributed by atoms with Crippen LogP contribution in [0.4, 0.5) is 0 Å². The van der Waals surface area contributed by atoms with E-state index in [1.54, 1.807) is 25.4 Å². The van der Waals surface area contributed by atoms with E-state index in [1.165, 1.54) is 12.8 Å². The SMILES string of the molecule is Cc1cc(C(=O)N2C[C@H]3CCC[C@@]3(COCc3ccncc3)C2)no1. The summed E-state index contributed by atoms with van der Waals surface area (Å²) in [6.07, 6.45) is 7.07. The Hall–Kier alpha value is -2.21. The molecule has 132 valence electrons. The molecule has 25 heavy (non-hydrogen) atoms. The maximum absolute atomic E-state index is 12.7. The number of rotatable bonds is 5. The Morgan fingerprint density at radius 2 is 2.28 bits per heavy atom. The fraction of sp³-hybridized carbons (Fsp3) is 0.526. The Bertz CT molecular complexity index is 745. The van der Waals surface area contributed by atoms with Crippen LogP contribution in [0.2, 0.25) is 0 Å². The molecule has 0 bridgehead atoms. The first-order valence-electron chi connectivity index (χ1n) is 8.85. The first-order chi connectivity index (χ1) is 12.2. The Labute approximate surface area is 147 Å². The summed E-state index contributed by atoms with van der Waals surface area (Å²) in [6.45, 7) is 4.63. The van der Waals surface area contributed by atoms with Crippen LogP contribution in [-0.2, 0) is 11.3 Å². The van der Waals surface area contributed by atoms with Gasteiger partial charge in [0.25, 0.3) is 5.91 Å². The molecule has 6 heteroatoms. The molecule has 3 heterocycles. The van der Waals surface area contributed by atoms with Gasteiger partial charge >= 0.3 is 0 Å². The lowest BCUT2D eigenvalue weighted by molar-refractivity contribution is 0.0264. The molecule has 1 aliphatic carbocycles. The number of nitrogens with zero attached hydrogens (tertiary/aromatic N) is 3. The van der Waals surface area contributed by atoms with E-state index in [2.05, 4.69) is 10.1 Å². The van der Waals surface area contributed by atoms with Crippen molar-refractivity contribution in [3.8, 4) is 0 Å². The fourth-order valence-corrected chi connectivity index (χ4v) is 4.29. The zero-order valence-electron chi connectivity index (χ0n) is 14.5. The van der Waals surface area contributed by atoms with Crippen LogP contribution in [0, 0.1) is 18.3 Å². The first kappa shape index (κ1) is 16.3. The lowest BCUT2D eigenvalue weighted by Gasteiger charge is -2.28. The highest BCUT2D eigenvalue weighted by atomic mass is 16.5. The van der Waals surface area contributed by atoms with Gasteiger partial charge in [-0.2, -0.15) is 0 Å².